The monoisotopic (exact) mass is 266 g/mol. The zero-order chi connectivity index (χ0) is 14.1. The molecule has 0 fully saturated rings. The first-order chi connectivity index (χ1) is 9.68. The molecule has 0 spiro atoms. The van der Waals surface area contributed by atoms with Crippen LogP contribution < -0.4 is 9.80 Å². The van der Waals surface area contributed by atoms with Crippen molar-refractivity contribution in [3.63, 3.8) is 0 Å². The van der Waals surface area contributed by atoms with E-state index in [2.05, 4.69) is 79.2 Å². The molecule has 0 amide bonds. The Morgan fingerprint density at radius 2 is 1.60 bits per heavy atom. The van der Waals surface area contributed by atoms with Crippen LogP contribution in [0.1, 0.15) is 18.1 Å². The predicted octanol–water partition coefficient (Wildman–Crippen LogP) is 3.84. The standard InChI is InChI=1S/C18H22N2/c1-14-8-4-6-10-17(14)20-13-12-16-9-5-7-11-18(16)19(3)15(20)2/h4-11,15H,12-13H2,1-3H3/t15-/m0/s1. The molecular weight excluding hydrogens is 244 g/mol. The number of hydrogen-bond donors (Lipinski definition) is 0. The average Bonchev–Trinajstić information content (AvgIpc) is 2.59. The van der Waals surface area contributed by atoms with E-state index in [1.54, 1.807) is 0 Å². The second-order valence-electron chi connectivity index (χ2n) is 5.60. The van der Waals surface area contributed by atoms with Gasteiger partial charge in [-0.2, -0.15) is 0 Å². The van der Waals surface area contributed by atoms with Crippen LogP contribution in [0.2, 0.25) is 0 Å². The molecule has 1 atom stereocenters. The number of rotatable bonds is 1. The van der Waals surface area contributed by atoms with Crippen LogP contribution in [0.3, 0.4) is 0 Å². The molecule has 104 valence electrons. The van der Waals surface area contributed by atoms with Crippen molar-refractivity contribution >= 4 is 11.4 Å². The molecule has 0 aromatic heterocycles. The summed E-state index contributed by atoms with van der Waals surface area (Å²) in [6.07, 6.45) is 1.46. The van der Waals surface area contributed by atoms with Gasteiger partial charge in [-0.25, -0.2) is 0 Å². The first-order valence-corrected chi connectivity index (χ1v) is 7.31. The fourth-order valence-electron chi connectivity index (χ4n) is 3.11. The van der Waals surface area contributed by atoms with Gasteiger partial charge in [-0.05, 0) is 43.5 Å². The van der Waals surface area contributed by atoms with E-state index in [9.17, 15) is 0 Å². The summed E-state index contributed by atoms with van der Waals surface area (Å²) in [7, 11) is 2.19. The maximum absolute atomic E-state index is 2.51. The third-order valence-corrected chi connectivity index (χ3v) is 4.43. The predicted molar refractivity (Wildman–Crippen MR) is 86.5 cm³/mol. The van der Waals surface area contributed by atoms with Crippen LogP contribution in [0, 0.1) is 6.92 Å². The Morgan fingerprint density at radius 1 is 0.950 bits per heavy atom. The van der Waals surface area contributed by atoms with Gasteiger partial charge in [-0.3, -0.25) is 0 Å². The fourth-order valence-corrected chi connectivity index (χ4v) is 3.11. The van der Waals surface area contributed by atoms with Crippen molar-refractivity contribution in [2.45, 2.75) is 26.4 Å². The number of anilines is 2. The van der Waals surface area contributed by atoms with Crippen LogP contribution in [0.25, 0.3) is 0 Å². The van der Waals surface area contributed by atoms with Gasteiger partial charge in [0.05, 0.1) is 6.17 Å². The third-order valence-electron chi connectivity index (χ3n) is 4.43. The molecule has 2 nitrogen and oxygen atoms in total. The highest BCUT2D eigenvalue weighted by Crippen LogP contribution is 2.30. The molecule has 0 saturated heterocycles. The summed E-state index contributed by atoms with van der Waals surface area (Å²) in [4.78, 5) is 4.89. The van der Waals surface area contributed by atoms with Crippen molar-refractivity contribution in [3.05, 3.63) is 59.7 Å². The zero-order valence-electron chi connectivity index (χ0n) is 12.5. The number of para-hydroxylation sites is 2. The quantitative estimate of drug-likeness (QED) is 0.774. The van der Waals surface area contributed by atoms with Crippen LogP contribution >= 0.6 is 0 Å². The molecule has 0 radical (unpaired) electrons. The van der Waals surface area contributed by atoms with E-state index < -0.39 is 0 Å². The molecule has 3 rings (SSSR count). The van der Waals surface area contributed by atoms with Crippen molar-refractivity contribution in [3.8, 4) is 0 Å². The van der Waals surface area contributed by atoms with Crippen molar-refractivity contribution in [1.29, 1.82) is 0 Å². The highest BCUT2D eigenvalue weighted by molar-refractivity contribution is 5.61. The van der Waals surface area contributed by atoms with E-state index in [4.69, 9.17) is 0 Å². The van der Waals surface area contributed by atoms with Crippen molar-refractivity contribution in [2.75, 3.05) is 23.4 Å². The van der Waals surface area contributed by atoms with E-state index in [1.807, 2.05) is 0 Å². The topological polar surface area (TPSA) is 6.48 Å². The summed E-state index contributed by atoms with van der Waals surface area (Å²) in [5.74, 6) is 0. The van der Waals surface area contributed by atoms with Crippen molar-refractivity contribution in [1.82, 2.24) is 0 Å². The number of aryl methyl sites for hydroxylation is 1. The summed E-state index contributed by atoms with van der Waals surface area (Å²) in [6.45, 7) is 5.54. The number of benzene rings is 2. The molecule has 0 bridgehead atoms. The van der Waals surface area contributed by atoms with E-state index >= 15 is 0 Å². The van der Waals surface area contributed by atoms with Crippen LogP contribution in [0.15, 0.2) is 48.5 Å². The van der Waals surface area contributed by atoms with E-state index in [0.29, 0.717) is 6.17 Å². The van der Waals surface area contributed by atoms with Gasteiger partial charge < -0.3 is 9.80 Å². The highest BCUT2D eigenvalue weighted by Gasteiger charge is 2.24. The number of nitrogens with zero attached hydrogens (tertiary/aromatic N) is 2. The van der Waals surface area contributed by atoms with Gasteiger partial charge in [0.2, 0.25) is 0 Å². The zero-order valence-corrected chi connectivity index (χ0v) is 12.5. The summed E-state index contributed by atoms with van der Waals surface area (Å²) in [6, 6.07) is 17.4. The van der Waals surface area contributed by atoms with Gasteiger partial charge in [0.1, 0.15) is 0 Å². The highest BCUT2D eigenvalue weighted by atomic mass is 15.3. The Labute approximate surface area is 121 Å². The first-order valence-electron chi connectivity index (χ1n) is 7.31. The minimum atomic E-state index is 0.361. The number of hydrogen-bond acceptors (Lipinski definition) is 2. The van der Waals surface area contributed by atoms with E-state index in [0.717, 1.165) is 13.0 Å². The van der Waals surface area contributed by atoms with E-state index in [-0.39, 0.29) is 0 Å². The molecule has 0 saturated carbocycles. The molecule has 0 aliphatic carbocycles. The van der Waals surface area contributed by atoms with Gasteiger partial charge in [0.15, 0.2) is 0 Å². The second kappa shape index (κ2) is 5.20. The molecule has 2 heteroatoms. The lowest BCUT2D eigenvalue weighted by Gasteiger charge is -2.37. The number of fused-ring (bicyclic) bond motifs is 1. The Bertz CT molecular complexity index is 606. The maximum atomic E-state index is 2.51. The van der Waals surface area contributed by atoms with Crippen molar-refractivity contribution < 1.29 is 0 Å². The largest absolute Gasteiger partial charge is 0.354 e. The van der Waals surface area contributed by atoms with Gasteiger partial charge in [0.25, 0.3) is 0 Å². The smallest absolute Gasteiger partial charge is 0.0984 e. The van der Waals surface area contributed by atoms with Gasteiger partial charge in [-0.1, -0.05) is 36.4 Å². The Balaban J connectivity index is 2.00. The molecule has 2 aromatic rings. The van der Waals surface area contributed by atoms with Crippen LogP contribution in [-0.4, -0.2) is 19.8 Å². The van der Waals surface area contributed by atoms with Crippen LogP contribution in [0.5, 0.6) is 0 Å². The normalized spacial score (nSPS) is 18.6. The fraction of sp³-hybridized carbons (Fsp3) is 0.333. The Hall–Kier alpha value is -1.96. The molecule has 20 heavy (non-hydrogen) atoms. The van der Waals surface area contributed by atoms with Crippen molar-refractivity contribution in [2.24, 2.45) is 0 Å². The lowest BCUT2D eigenvalue weighted by Crippen LogP contribution is -2.44. The SMILES string of the molecule is Cc1ccccc1N1CCc2ccccc2N(C)[C@@H]1C. The van der Waals surface area contributed by atoms with Gasteiger partial charge >= 0.3 is 0 Å². The second-order valence-corrected chi connectivity index (χ2v) is 5.60. The third kappa shape index (κ3) is 2.15. The molecular formula is C18H22N2. The average molecular weight is 266 g/mol. The maximum Gasteiger partial charge on any atom is 0.0984 e. The molecule has 1 aliphatic heterocycles. The lowest BCUT2D eigenvalue weighted by atomic mass is 10.1. The molecule has 1 aliphatic rings. The Morgan fingerprint density at radius 3 is 2.35 bits per heavy atom. The van der Waals surface area contributed by atoms with Crippen LogP contribution in [0.4, 0.5) is 11.4 Å². The molecule has 1 heterocycles. The lowest BCUT2D eigenvalue weighted by molar-refractivity contribution is 0.637. The molecule has 0 N–H and O–H groups in total. The minimum absolute atomic E-state index is 0.361. The molecule has 0 unspecified atom stereocenters. The summed E-state index contributed by atoms with van der Waals surface area (Å²) < 4.78 is 0. The van der Waals surface area contributed by atoms with E-state index in [1.165, 1.54) is 22.5 Å². The summed E-state index contributed by atoms with van der Waals surface area (Å²) in [5.41, 5.74) is 5.49. The minimum Gasteiger partial charge on any atom is -0.354 e. The van der Waals surface area contributed by atoms with Gasteiger partial charge in [-0.15, -0.1) is 0 Å². The first kappa shape index (κ1) is 13.0. The van der Waals surface area contributed by atoms with Crippen LogP contribution in [-0.2, 0) is 6.42 Å². The molecule has 2 aromatic carbocycles. The van der Waals surface area contributed by atoms with Gasteiger partial charge in [0, 0.05) is 25.0 Å². The Kier molecular flexibility index (Phi) is 3.39. The summed E-state index contributed by atoms with van der Waals surface area (Å²) >= 11 is 0. The summed E-state index contributed by atoms with van der Waals surface area (Å²) in [5, 5.41) is 0.